The van der Waals surface area contributed by atoms with Gasteiger partial charge >= 0.3 is 0 Å². The second-order valence-electron chi connectivity index (χ2n) is 4.50. The molecule has 0 unspecified atom stereocenters. The van der Waals surface area contributed by atoms with Crippen molar-refractivity contribution in [3.63, 3.8) is 0 Å². The van der Waals surface area contributed by atoms with Crippen LogP contribution in [0.2, 0.25) is 0 Å². The van der Waals surface area contributed by atoms with Gasteiger partial charge in [0.15, 0.2) is 0 Å². The van der Waals surface area contributed by atoms with Gasteiger partial charge in [0.1, 0.15) is 4.99 Å². The molecule has 2 nitrogen and oxygen atoms in total. The lowest BCUT2D eigenvalue weighted by Gasteiger charge is -2.09. The molecular formula is C16H18N2S. The van der Waals surface area contributed by atoms with Crippen molar-refractivity contribution in [2.45, 2.75) is 12.8 Å². The van der Waals surface area contributed by atoms with E-state index in [2.05, 4.69) is 24.3 Å². The molecule has 0 radical (unpaired) electrons. The zero-order chi connectivity index (χ0) is 13.7. The normalized spacial score (nSPS) is 10.4. The van der Waals surface area contributed by atoms with E-state index < -0.39 is 0 Å². The standard InChI is InChI=1S/C16H18N2S/c17-11-3-4-12-7-9-13(10-8-12)14-5-1-2-6-15(14)16(18)19/h1-2,5-10H,3-4,11,17H2,(H2,18,19). The fourth-order valence-corrected chi connectivity index (χ4v) is 2.28. The Morgan fingerprint density at radius 2 is 1.68 bits per heavy atom. The van der Waals surface area contributed by atoms with Gasteiger partial charge in [-0.1, -0.05) is 60.7 Å². The Morgan fingerprint density at radius 3 is 2.32 bits per heavy atom. The largest absolute Gasteiger partial charge is 0.389 e. The van der Waals surface area contributed by atoms with Gasteiger partial charge in [0, 0.05) is 5.56 Å². The third kappa shape index (κ3) is 3.40. The third-order valence-electron chi connectivity index (χ3n) is 3.13. The molecule has 98 valence electrons. The van der Waals surface area contributed by atoms with Crippen LogP contribution in [0, 0.1) is 0 Å². The fourth-order valence-electron chi connectivity index (χ4n) is 2.11. The van der Waals surface area contributed by atoms with E-state index in [1.807, 2.05) is 24.3 Å². The topological polar surface area (TPSA) is 52.0 Å². The molecule has 0 aliphatic rings. The quantitative estimate of drug-likeness (QED) is 0.821. The Kier molecular flexibility index (Phi) is 4.66. The molecule has 0 saturated carbocycles. The van der Waals surface area contributed by atoms with Gasteiger partial charge in [-0.25, -0.2) is 0 Å². The fraction of sp³-hybridized carbons (Fsp3) is 0.188. The van der Waals surface area contributed by atoms with Gasteiger partial charge in [-0.05, 0) is 36.1 Å². The van der Waals surface area contributed by atoms with Crippen molar-refractivity contribution in [1.29, 1.82) is 0 Å². The van der Waals surface area contributed by atoms with Crippen LogP contribution in [0.4, 0.5) is 0 Å². The average molecular weight is 270 g/mol. The molecule has 0 saturated heterocycles. The maximum Gasteiger partial charge on any atom is 0.104 e. The lowest BCUT2D eigenvalue weighted by atomic mass is 9.98. The van der Waals surface area contributed by atoms with Crippen LogP contribution >= 0.6 is 12.2 Å². The number of hydrogen-bond donors (Lipinski definition) is 2. The molecule has 0 atom stereocenters. The SMILES string of the molecule is NCCCc1ccc(-c2ccccc2C(N)=S)cc1. The maximum atomic E-state index is 5.77. The van der Waals surface area contributed by atoms with Crippen LogP contribution in [0.3, 0.4) is 0 Å². The maximum absolute atomic E-state index is 5.77. The molecule has 0 spiro atoms. The summed E-state index contributed by atoms with van der Waals surface area (Å²) in [6.45, 7) is 0.728. The van der Waals surface area contributed by atoms with Gasteiger partial charge in [0.05, 0.1) is 0 Å². The number of rotatable bonds is 5. The van der Waals surface area contributed by atoms with E-state index in [1.54, 1.807) is 0 Å². The van der Waals surface area contributed by atoms with Crippen molar-refractivity contribution in [2.24, 2.45) is 11.5 Å². The van der Waals surface area contributed by atoms with Crippen LogP contribution in [0.15, 0.2) is 48.5 Å². The van der Waals surface area contributed by atoms with Crippen molar-refractivity contribution in [3.8, 4) is 11.1 Å². The molecule has 0 aliphatic heterocycles. The summed E-state index contributed by atoms with van der Waals surface area (Å²) in [5.74, 6) is 0. The molecule has 0 amide bonds. The highest BCUT2D eigenvalue weighted by Gasteiger charge is 2.06. The number of hydrogen-bond acceptors (Lipinski definition) is 2. The van der Waals surface area contributed by atoms with E-state index in [0.29, 0.717) is 4.99 Å². The molecule has 0 fully saturated rings. The lowest BCUT2D eigenvalue weighted by Crippen LogP contribution is -2.10. The Labute approximate surface area is 119 Å². The Morgan fingerprint density at radius 1 is 1.00 bits per heavy atom. The molecule has 0 heterocycles. The highest BCUT2D eigenvalue weighted by Crippen LogP contribution is 2.24. The minimum atomic E-state index is 0.433. The van der Waals surface area contributed by atoms with Gasteiger partial charge in [-0.2, -0.15) is 0 Å². The van der Waals surface area contributed by atoms with Crippen LogP contribution < -0.4 is 11.5 Å². The molecule has 3 heteroatoms. The number of aryl methyl sites for hydroxylation is 1. The number of nitrogens with two attached hydrogens (primary N) is 2. The minimum Gasteiger partial charge on any atom is -0.389 e. The van der Waals surface area contributed by atoms with Crippen molar-refractivity contribution in [1.82, 2.24) is 0 Å². The zero-order valence-corrected chi connectivity index (χ0v) is 11.6. The first-order chi connectivity index (χ1) is 9.22. The lowest BCUT2D eigenvalue weighted by molar-refractivity contribution is 0.833. The molecule has 2 aromatic rings. The second-order valence-corrected chi connectivity index (χ2v) is 4.94. The average Bonchev–Trinajstić information content (AvgIpc) is 2.45. The van der Waals surface area contributed by atoms with Gasteiger partial charge in [-0.15, -0.1) is 0 Å². The molecule has 4 N–H and O–H groups in total. The predicted octanol–water partition coefficient (Wildman–Crippen LogP) is 2.88. The zero-order valence-electron chi connectivity index (χ0n) is 10.8. The van der Waals surface area contributed by atoms with E-state index in [-0.39, 0.29) is 0 Å². The van der Waals surface area contributed by atoms with Crippen LogP contribution in [0.25, 0.3) is 11.1 Å². The van der Waals surface area contributed by atoms with E-state index in [4.69, 9.17) is 23.7 Å². The number of benzene rings is 2. The van der Waals surface area contributed by atoms with Crippen LogP contribution in [0.1, 0.15) is 17.5 Å². The van der Waals surface area contributed by atoms with Crippen LogP contribution in [-0.4, -0.2) is 11.5 Å². The Bertz CT molecular complexity index is 561. The molecular weight excluding hydrogens is 252 g/mol. The van der Waals surface area contributed by atoms with E-state index in [9.17, 15) is 0 Å². The first-order valence-electron chi connectivity index (χ1n) is 6.40. The summed E-state index contributed by atoms with van der Waals surface area (Å²) < 4.78 is 0. The first kappa shape index (κ1) is 13.7. The van der Waals surface area contributed by atoms with E-state index in [0.717, 1.165) is 36.1 Å². The highest BCUT2D eigenvalue weighted by atomic mass is 32.1. The summed E-state index contributed by atoms with van der Waals surface area (Å²) in [4.78, 5) is 0.433. The van der Waals surface area contributed by atoms with Gasteiger partial charge < -0.3 is 11.5 Å². The van der Waals surface area contributed by atoms with Gasteiger partial charge in [0.25, 0.3) is 0 Å². The van der Waals surface area contributed by atoms with Crippen molar-refractivity contribution in [2.75, 3.05) is 6.54 Å². The third-order valence-corrected chi connectivity index (χ3v) is 3.35. The Hall–Kier alpha value is -1.71. The van der Waals surface area contributed by atoms with Crippen LogP contribution in [-0.2, 0) is 6.42 Å². The van der Waals surface area contributed by atoms with E-state index >= 15 is 0 Å². The monoisotopic (exact) mass is 270 g/mol. The van der Waals surface area contributed by atoms with Gasteiger partial charge in [0.2, 0.25) is 0 Å². The van der Waals surface area contributed by atoms with E-state index in [1.165, 1.54) is 5.56 Å². The van der Waals surface area contributed by atoms with Crippen molar-refractivity contribution in [3.05, 3.63) is 59.7 Å². The number of thiocarbonyl (C=S) groups is 1. The summed E-state index contributed by atoms with van der Waals surface area (Å²) in [7, 11) is 0. The summed E-state index contributed by atoms with van der Waals surface area (Å²) in [5, 5.41) is 0. The molecule has 2 aromatic carbocycles. The van der Waals surface area contributed by atoms with Crippen molar-refractivity contribution >= 4 is 17.2 Å². The summed E-state index contributed by atoms with van der Waals surface area (Å²) in [6, 6.07) is 16.5. The summed E-state index contributed by atoms with van der Waals surface area (Å²) in [5.41, 5.74) is 15.7. The van der Waals surface area contributed by atoms with Crippen LogP contribution in [0.5, 0.6) is 0 Å². The minimum absolute atomic E-state index is 0.433. The highest BCUT2D eigenvalue weighted by molar-refractivity contribution is 7.80. The molecule has 0 bridgehead atoms. The summed E-state index contributed by atoms with van der Waals surface area (Å²) in [6.07, 6.45) is 2.04. The Balaban J connectivity index is 2.30. The smallest absolute Gasteiger partial charge is 0.104 e. The second kappa shape index (κ2) is 6.45. The predicted molar refractivity (Wildman–Crippen MR) is 85.1 cm³/mol. The first-order valence-corrected chi connectivity index (χ1v) is 6.81. The molecule has 2 rings (SSSR count). The molecule has 0 aromatic heterocycles. The summed E-state index contributed by atoms with van der Waals surface area (Å²) >= 11 is 5.10. The molecule has 19 heavy (non-hydrogen) atoms. The van der Waals surface area contributed by atoms with Crippen molar-refractivity contribution < 1.29 is 0 Å². The molecule has 0 aliphatic carbocycles. The van der Waals surface area contributed by atoms with Gasteiger partial charge in [-0.3, -0.25) is 0 Å².